The highest BCUT2D eigenvalue weighted by molar-refractivity contribution is 7.13. The van der Waals surface area contributed by atoms with Gasteiger partial charge in [-0.3, -0.25) is 0 Å². The van der Waals surface area contributed by atoms with E-state index in [1.165, 1.54) is 28.2 Å². The second-order valence-electron chi connectivity index (χ2n) is 7.21. The topological polar surface area (TPSA) is 60.2 Å². The highest BCUT2D eigenvalue weighted by Gasteiger charge is 2.14. The van der Waals surface area contributed by atoms with Crippen molar-refractivity contribution in [2.24, 2.45) is 5.73 Å². The summed E-state index contributed by atoms with van der Waals surface area (Å²) in [7, 11) is 1.68. The van der Waals surface area contributed by atoms with Gasteiger partial charge >= 0.3 is 0 Å². The predicted molar refractivity (Wildman–Crippen MR) is 126 cm³/mol. The summed E-state index contributed by atoms with van der Waals surface area (Å²) >= 11 is 7.60. The van der Waals surface area contributed by atoms with Gasteiger partial charge in [-0.15, -0.1) is 0 Å². The molecular weight excluding hydrogens is 414 g/mol. The van der Waals surface area contributed by atoms with Crippen molar-refractivity contribution in [2.45, 2.75) is 19.0 Å². The average Bonchev–Trinajstić information content (AvgIpc) is 3.20. The molecule has 154 valence electrons. The maximum absolute atomic E-state index is 6.39. The maximum atomic E-state index is 6.39. The molecule has 6 heteroatoms. The number of hydrogen-bond acceptors (Lipinski definition) is 5. The van der Waals surface area contributed by atoms with Crippen LogP contribution in [0.3, 0.4) is 0 Å². The molecule has 0 radical (unpaired) electrons. The number of nitrogens with one attached hydrogen (secondary N) is 1. The normalized spacial score (nSPS) is 12.2. The van der Waals surface area contributed by atoms with Crippen LogP contribution >= 0.6 is 23.1 Å². The Labute approximate surface area is 185 Å². The van der Waals surface area contributed by atoms with E-state index >= 15 is 0 Å². The van der Waals surface area contributed by atoms with Gasteiger partial charge in [-0.2, -0.15) is 4.37 Å². The zero-order valence-corrected chi connectivity index (χ0v) is 18.3. The first kappa shape index (κ1) is 20.8. The van der Waals surface area contributed by atoms with Crippen LogP contribution in [-0.4, -0.2) is 18.0 Å². The number of aromatic nitrogens is 1. The van der Waals surface area contributed by atoms with Gasteiger partial charge in [0, 0.05) is 23.0 Å². The van der Waals surface area contributed by atoms with Gasteiger partial charge in [0.2, 0.25) is 0 Å². The Hall–Kier alpha value is -2.44. The second kappa shape index (κ2) is 9.58. The summed E-state index contributed by atoms with van der Waals surface area (Å²) in [4.78, 5) is 0. The first-order valence-corrected chi connectivity index (χ1v) is 11.0. The third-order valence-electron chi connectivity index (χ3n) is 5.15. The molecule has 1 aromatic heterocycles. The third-order valence-corrected chi connectivity index (χ3v) is 6.23. The Morgan fingerprint density at radius 1 is 1.03 bits per heavy atom. The molecule has 1 unspecified atom stereocenters. The molecule has 0 bridgehead atoms. The van der Waals surface area contributed by atoms with Crippen molar-refractivity contribution in [3.63, 3.8) is 0 Å². The molecule has 3 N–H and O–H groups in total. The van der Waals surface area contributed by atoms with Crippen LogP contribution in [0.5, 0.6) is 5.75 Å². The summed E-state index contributed by atoms with van der Waals surface area (Å²) < 4.78 is 10.9. The van der Waals surface area contributed by atoms with Crippen LogP contribution in [0.1, 0.15) is 23.7 Å². The largest absolute Gasteiger partial charge is 0.497 e. The molecule has 0 amide bonds. The smallest absolute Gasteiger partial charge is 0.118 e. The van der Waals surface area contributed by atoms with Gasteiger partial charge in [0.05, 0.1) is 17.5 Å². The summed E-state index contributed by atoms with van der Waals surface area (Å²) in [5.74, 6) is 0.867. The minimum atomic E-state index is -0.109. The zero-order valence-electron chi connectivity index (χ0n) is 16.8. The zero-order chi connectivity index (χ0) is 20.9. The number of nitrogens with two attached hydrogens (primary N) is 1. The van der Waals surface area contributed by atoms with Crippen LogP contribution in [0, 0.1) is 0 Å². The van der Waals surface area contributed by atoms with E-state index in [2.05, 4.69) is 46.1 Å². The van der Waals surface area contributed by atoms with Gasteiger partial charge in [-0.25, -0.2) is 0 Å². The molecular formula is C24H24ClN3OS. The molecule has 0 fully saturated rings. The lowest BCUT2D eigenvalue weighted by atomic mass is 10.0. The molecule has 0 aliphatic rings. The molecule has 1 heterocycles. The number of benzene rings is 3. The van der Waals surface area contributed by atoms with Crippen LogP contribution in [0.4, 0.5) is 0 Å². The van der Waals surface area contributed by atoms with Gasteiger partial charge in [-0.05, 0) is 71.5 Å². The van der Waals surface area contributed by atoms with Crippen LogP contribution in [0.15, 0.2) is 66.7 Å². The Morgan fingerprint density at radius 3 is 2.43 bits per heavy atom. The summed E-state index contributed by atoms with van der Waals surface area (Å²) in [6.07, 6.45) is 0.815. The minimum absolute atomic E-state index is 0.109. The van der Waals surface area contributed by atoms with E-state index in [1.54, 1.807) is 7.11 Å². The Bertz CT molecular complexity index is 1110. The fourth-order valence-electron chi connectivity index (χ4n) is 3.42. The number of nitrogens with zero attached hydrogens (tertiary/aromatic N) is 1. The number of methoxy groups -OCH3 is 1. The van der Waals surface area contributed by atoms with Gasteiger partial charge < -0.3 is 15.8 Å². The molecule has 0 spiro atoms. The first-order chi connectivity index (χ1) is 14.6. The van der Waals surface area contributed by atoms with Crippen LogP contribution in [0.2, 0.25) is 5.02 Å². The van der Waals surface area contributed by atoms with Gasteiger partial charge in [0.15, 0.2) is 0 Å². The number of halogens is 1. The molecule has 30 heavy (non-hydrogen) atoms. The number of hydrogen-bond donors (Lipinski definition) is 2. The number of fused-ring (bicyclic) bond motifs is 1. The first-order valence-electron chi connectivity index (χ1n) is 9.88. The predicted octanol–water partition coefficient (Wildman–Crippen LogP) is 5.81. The van der Waals surface area contributed by atoms with Crippen molar-refractivity contribution >= 4 is 33.2 Å². The van der Waals surface area contributed by atoms with Gasteiger partial charge in [-0.1, -0.05) is 48.0 Å². The van der Waals surface area contributed by atoms with Crippen LogP contribution in [0.25, 0.3) is 21.2 Å². The lowest BCUT2D eigenvalue weighted by molar-refractivity contribution is 0.415. The fourth-order valence-corrected chi connectivity index (χ4v) is 4.42. The van der Waals surface area contributed by atoms with E-state index in [1.807, 2.05) is 30.3 Å². The van der Waals surface area contributed by atoms with Crippen molar-refractivity contribution in [2.75, 3.05) is 13.7 Å². The van der Waals surface area contributed by atoms with E-state index in [0.717, 1.165) is 41.0 Å². The number of rotatable bonds is 8. The molecule has 0 aliphatic heterocycles. The van der Waals surface area contributed by atoms with E-state index in [4.69, 9.17) is 22.1 Å². The lowest BCUT2D eigenvalue weighted by Crippen LogP contribution is -2.21. The number of ether oxygens (including phenoxy) is 1. The lowest BCUT2D eigenvalue weighted by Gasteiger charge is -2.11. The van der Waals surface area contributed by atoms with Crippen molar-refractivity contribution in [3.8, 4) is 16.9 Å². The highest BCUT2D eigenvalue weighted by atomic mass is 35.5. The van der Waals surface area contributed by atoms with Crippen LogP contribution in [-0.2, 0) is 6.54 Å². The summed E-state index contributed by atoms with van der Waals surface area (Å²) in [6.45, 7) is 1.63. The summed E-state index contributed by atoms with van der Waals surface area (Å²) in [5, 5.41) is 5.26. The van der Waals surface area contributed by atoms with Crippen molar-refractivity contribution in [3.05, 3.63) is 83.0 Å². The summed E-state index contributed by atoms with van der Waals surface area (Å²) in [5.41, 5.74) is 10.9. The molecule has 0 saturated heterocycles. The monoisotopic (exact) mass is 437 g/mol. The second-order valence-corrected chi connectivity index (χ2v) is 8.45. The van der Waals surface area contributed by atoms with E-state index < -0.39 is 0 Å². The quantitative estimate of drug-likeness (QED) is 0.342. The molecule has 0 saturated carbocycles. The van der Waals surface area contributed by atoms with Gasteiger partial charge in [0.1, 0.15) is 5.75 Å². The van der Waals surface area contributed by atoms with Crippen LogP contribution < -0.4 is 15.8 Å². The standard InChI is InChI=1S/C24H24ClN3OS/c1-29-20-9-6-18(7-10-20)17-4-2-16(3-5-17)15-27-13-12-22(26)24-21-14-19(25)8-11-23(21)30-28-24/h2-11,14,22,27H,12-13,15,26H2,1H3. The average molecular weight is 438 g/mol. The SMILES string of the molecule is COc1ccc(-c2ccc(CNCCC(N)c3nsc4ccc(Cl)cc34)cc2)cc1. The van der Waals surface area contributed by atoms with E-state index in [9.17, 15) is 0 Å². The molecule has 4 nitrogen and oxygen atoms in total. The molecule has 3 aromatic carbocycles. The Morgan fingerprint density at radius 2 is 1.73 bits per heavy atom. The third kappa shape index (κ3) is 4.82. The van der Waals surface area contributed by atoms with Crippen molar-refractivity contribution < 1.29 is 4.74 Å². The van der Waals surface area contributed by atoms with Crippen molar-refractivity contribution in [1.29, 1.82) is 0 Å². The van der Waals surface area contributed by atoms with Crippen molar-refractivity contribution in [1.82, 2.24) is 9.69 Å². The van der Waals surface area contributed by atoms with Gasteiger partial charge in [0.25, 0.3) is 0 Å². The molecule has 4 aromatic rings. The molecule has 4 rings (SSSR count). The summed E-state index contributed by atoms with van der Waals surface area (Å²) in [6, 6.07) is 22.4. The Balaban J connectivity index is 1.29. The van der Waals surface area contributed by atoms with E-state index in [-0.39, 0.29) is 6.04 Å². The minimum Gasteiger partial charge on any atom is -0.497 e. The molecule has 1 atom stereocenters. The maximum Gasteiger partial charge on any atom is 0.118 e. The highest BCUT2D eigenvalue weighted by Crippen LogP contribution is 2.29. The van der Waals surface area contributed by atoms with E-state index in [0.29, 0.717) is 5.02 Å². The fraction of sp³-hybridized carbons (Fsp3) is 0.208. The molecule has 0 aliphatic carbocycles. The Kier molecular flexibility index (Phi) is 6.65.